The Hall–Kier alpha value is -0.890. The van der Waals surface area contributed by atoms with Gasteiger partial charge < -0.3 is 5.11 Å². The van der Waals surface area contributed by atoms with Crippen molar-refractivity contribution in [2.24, 2.45) is 46.3 Å². The lowest BCUT2D eigenvalue weighted by Gasteiger charge is -2.51. The molecule has 2 heteroatoms. The van der Waals surface area contributed by atoms with Crippen molar-refractivity contribution in [3.63, 3.8) is 0 Å². The molecule has 0 aliphatic heterocycles. The van der Waals surface area contributed by atoms with E-state index in [0.717, 1.165) is 48.9 Å². The smallest absolute Gasteiger partial charge is 0.182 e. The molecule has 5 aliphatic carbocycles. The van der Waals surface area contributed by atoms with E-state index in [-0.39, 0.29) is 17.3 Å². The molecule has 0 aromatic heterocycles. The summed E-state index contributed by atoms with van der Waals surface area (Å²) in [4.78, 5) is 13.4. The maximum Gasteiger partial charge on any atom is 0.182 e. The Morgan fingerprint density at radius 2 is 1.81 bits per heavy atom. The molecule has 0 heterocycles. The molecule has 9 atom stereocenters. The topological polar surface area (TPSA) is 37.3 Å². The number of aliphatic hydroxyl groups is 1. The quantitative estimate of drug-likeness (QED) is 0.522. The number of allylic oxidation sites excluding steroid dienone is 3. The molecule has 31 heavy (non-hydrogen) atoms. The van der Waals surface area contributed by atoms with Crippen molar-refractivity contribution in [2.75, 3.05) is 0 Å². The summed E-state index contributed by atoms with van der Waals surface area (Å²) in [5.74, 6) is 5.09. The summed E-state index contributed by atoms with van der Waals surface area (Å²) in [6, 6.07) is 0. The third-order valence-electron chi connectivity index (χ3n) is 11.0. The zero-order valence-corrected chi connectivity index (χ0v) is 20.5. The van der Waals surface area contributed by atoms with E-state index in [9.17, 15) is 9.90 Å². The number of carbonyl (C=O) groups is 1. The lowest BCUT2D eigenvalue weighted by Crippen LogP contribution is -2.44. The average molecular weight is 425 g/mol. The standard InChI is InChI=1S/C29H44O2/c1-17(22-14-19(22)3)6-7-18(2)23-8-9-24-27-25(11-13-29(23,24)5)28(4)12-10-21(30)15-20(28)16-26(27)31/h16-19,21-24,30H,6-15H2,1-5H3/t17-,18-,19-,21+,22+,23?,24?,28+,29-/m1/s1. The predicted molar refractivity (Wildman–Crippen MR) is 126 cm³/mol. The normalized spacial score (nSPS) is 46.1. The van der Waals surface area contributed by atoms with E-state index in [0.29, 0.717) is 17.8 Å². The van der Waals surface area contributed by atoms with Gasteiger partial charge in [-0.25, -0.2) is 0 Å². The van der Waals surface area contributed by atoms with Crippen LogP contribution >= 0.6 is 0 Å². The highest BCUT2D eigenvalue weighted by Crippen LogP contribution is 2.64. The second-order valence-electron chi connectivity index (χ2n) is 12.8. The SMILES string of the molecule is C[C@H](CC[C@@H](C)[C@@H]1C[C@H]1C)C1CCC2C3=C(CC[C@@]21C)[C@@]1(C)CC[C@H](O)CC1=CC3=O. The lowest BCUT2D eigenvalue weighted by atomic mass is 9.53. The first-order valence-electron chi connectivity index (χ1n) is 13.3. The van der Waals surface area contributed by atoms with E-state index in [2.05, 4.69) is 34.6 Å². The Balaban J connectivity index is 1.35. The highest BCUT2D eigenvalue weighted by Gasteiger charge is 2.56. The van der Waals surface area contributed by atoms with Crippen molar-refractivity contribution in [3.8, 4) is 0 Å². The lowest BCUT2D eigenvalue weighted by molar-refractivity contribution is -0.113. The summed E-state index contributed by atoms with van der Waals surface area (Å²) in [5, 5.41) is 10.2. The van der Waals surface area contributed by atoms with Crippen LogP contribution in [0, 0.1) is 46.3 Å². The zero-order chi connectivity index (χ0) is 22.1. The van der Waals surface area contributed by atoms with Gasteiger partial charge in [-0.1, -0.05) is 58.6 Å². The van der Waals surface area contributed by atoms with Crippen molar-refractivity contribution >= 4 is 5.78 Å². The van der Waals surface area contributed by atoms with Gasteiger partial charge in [0.2, 0.25) is 0 Å². The van der Waals surface area contributed by atoms with E-state index < -0.39 is 0 Å². The van der Waals surface area contributed by atoms with Crippen molar-refractivity contribution in [1.29, 1.82) is 0 Å². The highest BCUT2D eigenvalue weighted by molar-refractivity contribution is 6.07. The van der Waals surface area contributed by atoms with E-state index in [1.54, 1.807) is 0 Å². The van der Waals surface area contributed by atoms with Gasteiger partial charge in [-0.2, -0.15) is 0 Å². The van der Waals surface area contributed by atoms with Gasteiger partial charge in [0, 0.05) is 11.0 Å². The molecular formula is C29H44O2. The van der Waals surface area contributed by atoms with Crippen LogP contribution in [0.2, 0.25) is 0 Å². The van der Waals surface area contributed by atoms with Crippen molar-refractivity contribution < 1.29 is 9.90 Å². The molecule has 0 aromatic carbocycles. The third kappa shape index (κ3) is 3.42. The Morgan fingerprint density at radius 3 is 2.52 bits per heavy atom. The molecule has 0 bridgehead atoms. The Labute approximate surface area is 190 Å². The molecule has 0 amide bonds. The minimum atomic E-state index is -0.263. The van der Waals surface area contributed by atoms with Crippen LogP contribution in [0.25, 0.3) is 0 Å². The number of hydrogen-bond donors (Lipinski definition) is 1. The van der Waals surface area contributed by atoms with Gasteiger partial charge in [0.1, 0.15) is 0 Å². The maximum atomic E-state index is 13.4. The van der Waals surface area contributed by atoms with Crippen molar-refractivity contribution in [3.05, 3.63) is 22.8 Å². The Morgan fingerprint density at radius 1 is 1.10 bits per heavy atom. The number of fused-ring (bicyclic) bond motifs is 4. The second-order valence-corrected chi connectivity index (χ2v) is 12.8. The number of hydrogen-bond acceptors (Lipinski definition) is 2. The summed E-state index contributed by atoms with van der Waals surface area (Å²) < 4.78 is 0. The van der Waals surface area contributed by atoms with Crippen molar-refractivity contribution in [1.82, 2.24) is 0 Å². The monoisotopic (exact) mass is 424 g/mol. The molecule has 0 saturated heterocycles. The summed E-state index contributed by atoms with van der Waals surface area (Å²) in [7, 11) is 0. The Bertz CT molecular complexity index is 821. The van der Waals surface area contributed by atoms with Gasteiger partial charge in [0.05, 0.1) is 6.10 Å². The maximum absolute atomic E-state index is 13.4. The van der Waals surface area contributed by atoms with Gasteiger partial charge in [-0.05, 0) is 98.4 Å². The molecule has 3 fully saturated rings. The minimum absolute atomic E-state index is 0.0316. The van der Waals surface area contributed by atoms with E-state index in [4.69, 9.17) is 0 Å². The highest BCUT2D eigenvalue weighted by atomic mass is 16.3. The predicted octanol–water partition coefficient (Wildman–Crippen LogP) is 6.88. The molecule has 1 N–H and O–H groups in total. The van der Waals surface area contributed by atoms with Gasteiger partial charge in [-0.15, -0.1) is 0 Å². The summed E-state index contributed by atoms with van der Waals surface area (Å²) in [6.45, 7) is 12.3. The molecular weight excluding hydrogens is 380 g/mol. The molecule has 2 unspecified atom stereocenters. The first kappa shape index (κ1) is 21.9. The van der Waals surface area contributed by atoms with Crippen LogP contribution in [-0.2, 0) is 4.79 Å². The third-order valence-corrected chi connectivity index (χ3v) is 11.0. The molecule has 3 saturated carbocycles. The first-order valence-corrected chi connectivity index (χ1v) is 13.3. The largest absolute Gasteiger partial charge is 0.393 e. The van der Waals surface area contributed by atoms with E-state index >= 15 is 0 Å². The van der Waals surface area contributed by atoms with Crippen LogP contribution in [0.1, 0.15) is 98.8 Å². The van der Waals surface area contributed by atoms with Crippen LogP contribution < -0.4 is 0 Å². The fraction of sp³-hybridized carbons (Fsp3) is 0.828. The van der Waals surface area contributed by atoms with Gasteiger partial charge in [0.25, 0.3) is 0 Å². The molecule has 5 aliphatic rings. The molecule has 0 aromatic rings. The van der Waals surface area contributed by atoms with Crippen LogP contribution in [0.15, 0.2) is 22.8 Å². The second kappa shape index (κ2) is 7.57. The zero-order valence-electron chi connectivity index (χ0n) is 20.5. The summed E-state index contributed by atoms with van der Waals surface area (Å²) >= 11 is 0. The Kier molecular flexibility index (Phi) is 5.36. The number of ketones is 1. The molecule has 172 valence electrons. The number of rotatable bonds is 5. The summed E-state index contributed by atoms with van der Waals surface area (Å²) in [5.41, 5.74) is 4.22. The number of aliphatic hydroxyl groups excluding tert-OH is 1. The summed E-state index contributed by atoms with van der Waals surface area (Å²) in [6.07, 6.45) is 13.3. The van der Waals surface area contributed by atoms with E-state index in [1.165, 1.54) is 55.2 Å². The molecule has 2 nitrogen and oxygen atoms in total. The van der Waals surface area contributed by atoms with Gasteiger partial charge in [-0.3, -0.25) is 4.79 Å². The van der Waals surface area contributed by atoms with Gasteiger partial charge >= 0.3 is 0 Å². The van der Waals surface area contributed by atoms with Crippen molar-refractivity contribution in [2.45, 2.75) is 105 Å². The minimum Gasteiger partial charge on any atom is -0.393 e. The number of carbonyl (C=O) groups excluding carboxylic acids is 1. The molecule has 0 radical (unpaired) electrons. The average Bonchev–Trinajstić information content (AvgIpc) is 3.35. The molecule has 0 spiro atoms. The fourth-order valence-corrected chi connectivity index (χ4v) is 8.75. The van der Waals surface area contributed by atoms with Gasteiger partial charge in [0.15, 0.2) is 5.78 Å². The van der Waals surface area contributed by atoms with Crippen LogP contribution in [-0.4, -0.2) is 17.0 Å². The van der Waals surface area contributed by atoms with Crippen LogP contribution in [0.5, 0.6) is 0 Å². The fourth-order valence-electron chi connectivity index (χ4n) is 8.75. The van der Waals surface area contributed by atoms with Crippen LogP contribution in [0.3, 0.4) is 0 Å². The molecule has 5 rings (SSSR count). The first-order chi connectivity index (χ1) is 14.6. The van der Waals surface area contributed by atoms with E-state index in [1.807, 2.05) is 6.08 Å². The van der Waals surface area contributed by atoms with Crippen LogP contribution in [0.4, 0.5) is 0 Å².